The Morgan fingerprint density at radius 3 is 2.61 bits per heavy atom. The van der Waals surface area contributed by atoms with Crippen LogP contribution in [0, 0.1) is 6.92 Å². The van der Waals surface area contributed by atoms with Crippen molar-refractivity contribution >= 4 is 46.2 Å². The van der Waals surface area contributed by atoms with Gasteiger partial charge in [0, 0.05) is 11.1 Å². The van der Waals surface area contributed by atoms with Crippen LogP contribution in [0.25, 0.3) is 6.08 Å². The van der Waals surface area contributed by atoms with Crippen LogP contribution in [-0.2, 0) is 4.79 Å². The number of thiocarbonyl (C=S) groups is 1. The van der Waals surface area contributed by atoms with Gasteiger partial charge in [0.15, 0.2) is 15.8 Å². The Kier molecular flexibility index (Phi) is 6.01. The van der Waals surface area contributed by atoms with Crippen molar-refractivity contribution in [2.24, 2.45) is 0 Å². The number of para-hydroxylation sites is 1. The van der Waals surface area contributed by atoms with E-state index < -0.39 is 11.8 Å². The maximum Gasteiger partial charge on any atom is 0.285 e. The number of methoxy groups -OCH3 is 2. The van der Waals surface area contributed by atoms with Crippen molar-refractivity contribution < 1.29 is 19.1 Å². The minimum absolute atomic E-state index is 0.249. The van der Waals surface area contributed by atoms with E-state index in [9.17, 15) is 9.59 Å². The van der Waals surface area contributed by atoms with Gasteiger partial charge < -0.3 is 9.47 Å². The normalized spacial score (nSPS) is 15.1. The molecule has 0 aromatic heterocycles. The first-order valence-electron chi connectivity index (χ1n) is 8.31. The molecule has 0 spiro atoms. The molecule has 0 atom stereocenters. The zero-order chi connectivity index (χ0) is 20.3. The Labute approximate surface area is 172 Å². The summed E-state index contributed by atoms with van der Waals surface area (Å²) in [6.45, 7) is 1.89. The first-order chi connectivity index (χ1) is 13.4. The van der Waals surface area contributed by atoms with Crippen molar-refractivity contribution in [2.75, 3.05) is 14.2 Å². The van der Waals surface area contributed by atoms with E-state index in [2.05, 4.69) is 5.43 Å². The van der Waals surface area contributed by atoms with Gasteiger partial charge in [-0.25, -0.2) is 0 Å². The fourth-order valence-corrected chi connectivity index (χ4v) is 3.85. The van der Waals surface area contributed by atoms with Crippen LogP contribution in [0.2, 0.25) is 0 Å². The molecule has 1 aliphatic rings. The van der Waals surface area contributed by atoms with Crippen LogP contribution in [-0.4, -0.2) is 35.4 Å². The lowest BCUT2D eigenvalue weighted by atomic mass is 10.1. The number of amides is 2. The molecule has 28 heavy (non-hydrogen) atoms. The van der Waals surface area contributed by atoms with Gasteiger partial charge >= 0.3 is 0 Å². The highest BCUT2D eigenvalue weighted by Crippen LogP contribution is 2.36. The number of rotatable bonds is 5. The van der Waals surface area contributed by atoms with Gasteiger partial charge in [-0.1, -0.05) is 41.6 Å². The van der Waals surface area contributed by atoms with E-state index in [4.69, 9.17) is 21.7 Å². The van der Waals surface area contributed by atoms with Crippen LogP contribution in [0.3, 0.4) is 0 Å². The number of carbonyl (C=O) groups is 2. The number of benzene rings is 2. The third kappa shape index (κ3) is 4.02. The van der Waals surface area contributed by atoms with Gasteiger partial charge in [0.2, 0.25) is 0 Å². The fraction of sp³-hybridized carbons (Fsp3) is 0.150. The van der Waals surface area contributed by atoms with Gasteiger partial charge in [0.25, 0.3) is 11.8 Å². The minimum atomic E-state index is -0.403. The van der Waals surface area contributed by atoms with Crippen molar-refractivity contribution in [3.63, 3.8) is 0 Å². The van der Waals surface area contributed by atoms with Crippen molar-refractivity contribution in [1.82, 2.24) is 10.4 Å². The number of thioether (sulfide) groups is 1. The Balaban J connectivity index is 1.84. The molecule has 1 fully saturated rings. The zero-order valence-electron chi connectivity index (χ0n) is 15.5. The third-order valence-corrected chi connectivity index (χ3v) is 5.31. The first kappa shape index (κ1) is 19.9. The standard InChI is InChI=1S/C20H18N2O4S2/c1-12-6-4-8-14(10-12)18(23)21-22-19(24)16(28-20(22)27)11-13-7-5-9-15(25-2)17(13)26-3/h4-11H,1-3H3,(H,21,23)/b16-11-. The molecule has 1 N–H and O–H groups in total. The summed E-state index contributed by atoms with van der Waals surface area (Å²) in [6.07, 6.45) is 1.67. The van der Waals surface area contributed by atoms with Gasteiger partial charge in [0.05, 0.1) is 19.1 Å². The van der Waals surface area contributed by atoms with Gasteiger partial charge in [-0.05, 0) is 43.4 Å². The summed E-state index contributed by atoms with van der Waals surface area (Å²) in [5, 5.41) is 1.09. The summed E-state index contributed by atoms with van der Waals surface area (Å²) in [4.78, 5) is 25.6. The monoisotopic (exact) mass is 414 g/mol. The number of nitrogens with one attached hydrogen (secondary N) is 1. The van der Waals surface area contributed by atoms with Crippen LogP contribution in [0.4, 0.5) is 0 Å². The van der Waals surface area contributed by atoms with E-state index in [0.29, 0.717) is 27.5 Å². The molecule has 3 rings (SSSR count). The summed E-state index contributed by atoms with van der Waals surface area (Å²) in [5.41, 5.74) is 4.65. The zero-order valence-corrected chi connectivity index (χ0v) is 17.1. The van der Waals surface area contributed by atoms with Gasteiger partial charge in [-0.15, -0.1) is 0 Å². The van der Waals surface area contributed by atoms with E-state index >= 15 is 0 Å². The smallest absolute Gasteiger partial charge is 0.285 e. The van der Waals surface area contributed by atoms with Crippen molar-refractivity contribution in [3.05, 3.63) is 64.1 Å². The predicted octanol–water partition coefficient (Wildman–Crippen LogP) is 3.56. The predicted molar refractivity (Wildman–Crippen MR) is 113 cm³/mol. The molecule has 6 nitrogen and oxygen atoms in total. The van der Waals surface area contributed by atoms with Gasteiger partial charge in [-0.2, -0.15) is 5.01 Å². The molecule has 2 aromatic rings. The molecule has 2 amide bonds. The summed E-state index contributed by atoms with van der Waals surface area (Å²) >= 11 is 6.38. The number of aryl methyl sites for hydroxylation is 1. The van der Waals surface area contributed by atoms with E-state index in [1.165, 1.54) is 7.11 Å². The molecule has 0 radical (unpaired) electrons. The molecule has 1 saturated heterocycles. The molecule has 0 saturated carbocycles. The molecule has 144 valence electrons. The lowest BCUT2D eigenvalue weighted by molar-refractivity contribution is -0.123. The maximum absolute atomic E-state index is 12.8. The second kappa shape index (κ2) is 8.45. The van der Waals surface area contributed by atoms with Crippen molar-refractivity contribution in [3.8, 4) is 11.5 Å². The Bertz CT molecular complexity index is 988. The van der Waals surface area contributed by atoms with E-state index in [1.54, 1.807) is 49.6 Å². The number of hydrazine groups is 1. The van der Waals surface area contributed by atoms with Gasteiger partial charge in [-0.3, -0.25) is 15.0 Å². The summed E-state index contributed by atoms with van der Waals surface area (Å²) < 4.78 is 10.9. The highest BCUT2D eigenvalue weighted by Gasteiger charge is 2.34. The summed E-state index contributed by atoms with van der Waals surface area (Å²) in [7, 11) is 3.07. The number of nitrogens with zero attached hydrogens (tertiary/aromatic N) is 1. The lowest BCUT2D eigenvalue weighted by Crippen LogP contribution is -2.44. The largest absolute Gasteiger partial charge is 0.493 e. The molecule has 8 heteroatoms. The Morgan fingerprint density at radius 1 is 1.18 bits per heavy atom. The Morgan fingerprint density at radius 2 is 1.93 bits per heavy atom. The average Bonchev–Trinajstić information content (AvgIpc) is 2.95. The average molecular weight is 415 g/mol. The Hall–Kier alpha value is -2.84. The number of ether oxygens (including phenoxy) is 2. The topological polar surface area (TPSA) is 67.9 Å². The lowest BCUT2D eigenvalue weighted by Gasteiger charge is -2.15. The first-order valence-corrected chi connectivity index (χ1v) is 9.53. The second-order valence-electron chi connectivity index (χ2n) is 5.91. The second-order valence-corrected chi connectivity index (χ2v) is 7.59. The van der Waals surface area contributed by atoms with Crippen LogP contribution in [0.5, 0.6) is 11.5 Å². The van der Waals surface area contributed by atoms with Gasteiger partial charge in [0.1, 0.15) is 0 Å². The quantitative estimate of drug-likeness (QED) is 0.596. The highest BCUT2D eigenvalue weighted by molar-refractivity contribution is 8.26. The van der Waals surface area contributed by atoms with Crippen molar-refractivity contribution in [2.45, 2.75) is 6.92 Å². The number of carbonyl (C=O) groups excluding carboxylic acids is 2. The minimum Gasteiger partial charge on any atom is -0.493 e. The molecule has 1 heterocycles. The molecular formula is C20H18N2O4S2. The fourth-order valence-electron chi connectivity index (χ4n) is 2.68. The molecule has 1 aliphatic heterocycles. The summed E-state index contributed by atoms with van der Waals surface area (Å²) in [5.74, 6) is 0.264. The number of hydrogen-bond acceptors (Lipinski definition) is 6. The van der Waals surface area contributed by atoms with Crippen molar-refractivity contribution in [1.29, 1.82) is 0 Å². The SMILES string of the molecule is COc1cccc(/C=C2\SC(=S)N(NC(=O)c3cccc(C)c3)C2=O)c1OC. The molecule has 0 aliphatic carbocycles. The molecule has 2 aromatic carbocycles. The molecule has 0 unspecified atom stereocenters. The van der Waals surface area contributed by atoms with Crippen LogP contribution in [0.1, 0.15) is 21.5 Å². The third-order valence-electron chi connectivity index (χ3n) is 4.01. The van der Waals surface area contributed by atoms with E-state index in [0.717, 1.165) is 22.3 Å². The highest BCUT2D eigenvalue weighted by atomic mass is 32.2. The summed E-state index contributed by atoms with van der Waals surface area (Å²) in [6, 6.07) is 12.5. The molecule has 0 bridgehead atoms. The van der Waals surface area contributed by atoms with Crippen LogP contribution < -0.4 is 14.9 Å². The molecular weight excluding hydrogens is 396 g/mol. The van der Waals surface area contributed by atoms with E-state index in [-0.39, 0.29) is 4.32 Å². The van der Waals surface area contributed by atoms with E-state index in [1.807, 2.05) is 13.0 Å². The maximum atomic E-state index is 12.8. The number of hydrogen-bond donors (Lipinski definition) is 1. The van der Waals surface area contributed by atoms with Crippen LogP contribution >= 0.6 is 24.0 Å². The van der Waals surface area contributed by atoms with Crippen LogP contribution in [0.15, 0.2) is 47.4 Å².